The second-order valence-electron chi connectivity index (χ2n) is 6.37. The summed E-state index contributed by atoms with van der Waals surface area (Å²) < 4.78 is 46.3. The highest BCUT2D eigenvalue weighted by molar-refractivity contribution is 7.16. The predicted molar refractivity (Wildman–Crippen MR) is 109 cm³/mol. The fourth-order valence-electron chi connectivity index (χ4n) is 3.17. The van der Waals surface area contributed by atoms with Crippen LogP contribution in [0.3, 0.4) is 0 Å². The van der Waals surface area contributed by atoms with Crippen LogP contribution in [0.1, 0.15) is 17.5 Å². The summed E-state index contributed by atoms with van der Waals surface area (Å²) in [4.78, 5) is 17.1. The molecule has 0 aliphatic heterocycles. The molecule has 0 bridgehead atoms. The number of rotatable bonds is 6. The van der Waals surface area contributed by atoms with Gasteiger partial charge in [0.25, 0.3) is 0 Å². The maximum atomic E-state index is 14.5. The standard InChI is InChI=1S/C21H18F2N2O4S/c1-3-28-8-7-25-18-14(23)10-13(22)11-17(18)30-21(25)24-20(26)16-9-12-5-4-6-15(27-2)19(12)29-16/h4-6,9-11H,3,7-8H2,1-2H3. The second-order valence-corrected chi connectivity index (χ2v) is 7.38. The van der Waals surface area contributed by atoms with Crippen molar-refractivity contribution in [2.75, 3.05) is 20.3 Å². The van der Waals surface area contributed by atoms with Crippen LogP contribution in [0, 0.1) is 11.6 Å². The summed E-state index contributed by atoms with van der Waals surface area (Å²) in [7, 11) is 1.51. The number of carbonyl (C=O) groups is 1. The lowest BCUT2D eigenvalue weighted by Crippen LogP contribution is -2.20. The number of carbonyl (C=O) groups excluding carboxylic acids is 1. The maximum Gasteiger partial charge on any atom is 0.315 e. The van der Waals surface area contributed by atoms with Crippen LogP contribution in [0.2, 0.25) is 0 Å². The van der Waals surface area contributed by atoms with Gasteiger partial charge in [-0.1, -0.05) is 23.5 Å². The summed E-state index contributed by atoms with van der Waals surface area (Å²) in [6.07, 6.45) is 0. The monoisotopic (exact) mass is 432 g/mol. The third kappa shape index (κ3) is 3.73. The number of amides is 1. The summed E-state index contributed by atoms with van der Waals surface area (Å²) in [5.74, 6) is -1.53. The van der Waals surface area contributed by atoms with E-state index in [1.807, 2.05) is 6.92 Å². The number of benzene rings is 2. The number of ether oxygens (including phenoxy) is 2. The Balaban J connectivity index is 1.82. The van der Waals surface area contributed by atoms with Gasteiger partial charge in [0.1, 0.15) is 5.82 Å². The van der Waals surface area contributed by atoms with Crippen LogP contribution >= 0.6 is 11.3 Å². The SMILES string of the molecule is CCOCCn1c(=NC(=O)c2cc3cccc(OC)c3o2)sc2cc(F)cc(F)c21. The lowest BCUT2D eigenvalue weighted by Gasteiger charge is -2.06. The first kappa shape index (κ1) is 20.2. The Morgan fingerprint density at radius 1 is 1.27 bits per heavy atom. The van der Waals surface area contributed by atoms with E-state index in [2.05, 4.69) is 4.99 Å². The third-order valence-electron chi connectivity index (χ3n) is 4.49. The number of halogens is 2. The number of thiazole rings is 1. The molecule has 0 aliphatic carbocycles. The zero-order valence-electron chi connectivity index (χ0n) is 16.3. The van der Waals surface area contributed by atoms with Gasteiger partial charge < -0.3 is 18.5 Å². The predicted octanol–water partition coefficient (Wildman–Crippen LogP) is 4.51. The molecule has 2 aromatic carbocycles. The third-order valence-corrected chi connectivity index (χ3v) is 5.52. The van der Waals surface area contributed by atoms with Gasteiger partial charge in [0, 0.05) is 24.6 Å². The molecule has 0 fully saturated rings. The lowest BCUT2D eigenvalue weighted by molar-refractivity contribution is 0.0972. The maximum absolute atomic E-state index is 14.5. The topological polar surface area (TPSA) is 66.0 Å². The van der Waals surface area contributed by atoms with E-state index in [-0.39, 0.29) is 22.6 Å². The molecule has 0 atom stereocenters. The van der Waals surface area contributed by atoms with Crippen LogP contribution < -0.4 is 9.54 Å². The Morgan fingerprint density at radius 3 is 2.87 bits per heavy atom. The molecule has 6 nitrogen and oxygen atoms in total. The molecule has 1 amide bonds. The average molecular weight is 432 g/mol. The van der Waals surface area contributed by atoms with E-state index in [0.29, 0.717) is 34.6 Å². The molecule has 9 heteroatoms. The van der Waals surface area contributed by atoms with E-state index in [4.69, 9.17) is 13.9 Å². The van der Waals surface area contributed by atoms with Crippen LogP contribution in [-0.4, -0.2) is 30.8 Å². The number of nitrogens with zero attached hydrogens (tertiary/aromatic N) is 2. The summed E-state index contributed by atoms with van der Waals surface area (Å²) in [6, 6.07) is 8.90. The van der Waals surface area contributed by atoms with Crippen molar-refractivity contribution < 1.29 is 27.5 Å². The summed E-state index contributed by atoms with van der Waals surface area (Å²) in [6.45, 7) is 2.89. The van der Waals surface area contributed by atoms with Gasteiger partial charge in [-0.25, -0.2) is 8.78 Å². The fraction of sp³-hybridized carbons (Fsp3) is 0.238. The van der Waals surface area contributed by atoms with Gasteiger partial charge in [0.15, 0.2) is 27.7 Å². The fourth-order valence-corrected chi connectivity index (χ4v) is 4.26. The molecular formula is C21H18F2N2O4S. The first-order valence-corrected chi connectivity index (χ1v) is 10.0. The number of hydrogen-bond donors (Lipinski definition) is 0. The minimum absolute atomic E-state index is 0.0231. The molecule has 0 unspecified atom stereocenters. The second kappa shape index (κ2) is 8.37. The Bertz CT molecular complexity index is 1310. The number of furan rings is 1. The Labute approximate surface area is 174 Å². The molecule has 4 aromatic rings. The van der Waals surface area contributed by atoms with Crippen molar-refractivity contribution in [3.8, 4) is 5.75 Å². The van der Waals surface area contributed by atoms with Crippen molar-refractivity contribution >= 4 is 38.4 Å². The summed E-state index contributed by atoms with van der Waals surface area (Å²) >= 11 is 1.02. The highest BCUT2D eigenvalue weighted by Gasteiger charge is 2.17. The summed E-state index contributed by atoms with van der Waals surface area (Å²) in [5, 5.41) is 0.696. The largest absolute Gasteiger partial charge is 0.493 e. The van der Waals surface area contributed by atoms with E-state index in [0.717, 1.165) is 17.4 Å². The van der Waals surface area contributed by atoms with Crippen LogP contribution in [0.4, 0.5) is 8.78 Å². The van der Waals surface area contributed by atoms with E-state index in [1.54, 1.807) is 24.3 Å². The van der Waals surface area contributed by atoms with Crippen LogP contribution in [0.5, 0.6) is 5.75 Å². The van der Waals surface area contributed by atoms with Gasteiger partial charge in [-0.15, -0.1) is 0 Å². The van der Waals surface area contributed by atoms with Gasteiger partial charge >= 0.3 is 5.91 Å². The first-order chi connectivity index (χ1) is 14.5. The highest BCUT2D eigenvalue weighted by atomic mass is 32.1. The molecule has 0 saturated heterocycles. The zero-order chi connectivity index (χ0) is 21.3. The molecule has 0 N–H and O–H groups in total. The van der Waals surface area contributed by atoms with Crippen molar-refractivity contribution in [3.05, 3.63) is 58.6 Å². The zero-order valence-corrected chi connectivity index (χ0v) is 17.1. The van der Waals surface area contributed by atoms with Crippen molar-refractivity contribution in [1.82, 2.24) is 4.57 Å². The molecule has 0 radical (unpaired) electrons. The molecule has 0 spiro atoms. The van der Waals surface area contributed by atoms with Gasteiger partial charge in [-0.2, -0.15) is 4.99 Å². The lowest BCUT2D eigenvalue weighted by atomic mass is 10.2. The highest BCUT2D eigenvalue weighted by Crippen LogP contribution is 2.29. The minimum atomic E-state index is -0.722. The van der Waals surface area contributed by atoms with Crippen molar-refractivity contribution in [2.24, 2.45) is 4.99 Å². The molecule has 4 rings (SSSR count). The van der Waals surface area contributed by atoms with E-state index in [9.17, 15) is 13.6 Å². The molecule has 2 aromatic heterocycles. The number of hydrogen-bond acceptors (Lipinski definition) is 5. The smallest absolute Gasteiger partial charge is 0.315 e. The number of fused-ring (bicyclic) bond motifs is 2. The van der Waals surface area contributed by atoms with Crippen molar-refractivity contribution in [1.29, 1.82) is 0 Å². The summed E-state index contributed by atoms with van der Waals surface area (Å²) in [5.41, 5.74) is 0.617. The molecule has 2 heterocycles. The van der Waals surface area contributed by atoms with Crippen LogP contribution in [0.25, 0.3) is 21.2 Å². The number of aromatic nitrogens is 1. The first-order valence-electron chi connectivity index (χ1n) is 9.23. The molecule has 30 heavy (non-hydrogen) atoms. The number of para-hydroxylation sites is 1. The molecule has 0 aliphatic rings. The van der Waals surface area contributed by atoms with Gasteiger partial charge in [-0.3, -0.25) is 4.79 Å². The molecule has 0 saturated carbocycles. The van der Waals surface area contributed by atoms with Gasteiger partial charge in [-0.05, 0) is 25.1 Å². The molecule has 156 valence electrons. The normalized spacial score (nSPS) is 12.2. The van der Waals surface area contributed by atoms with Crippen LogP contribution in [0.15, 0.2) is 45.8 Å². The van der Waals surface area contributed by atoms with E-state index >= 15 is 0 Å². The minimum Gasteiger partial charge on any atom is -0.493 e. The molecular weight excluding hydrogens is 414 g/mol. The van der Waals surface area contributed by atoms with Gasteiger partial charge in [0.2, 0.25) is 0 Å². The van der Waals surface area contributed by atoms with Crippen molar-refractivity contribution in [2.45, 2.75) is 13.5 Å². The average Bonchev–Trinajstić information content (AvgIpc) is 3.29. The van der Waals surface area contributed by atoms with E-state index in [1.165, 1.54) is 17.7 Å². The van der Waals surface area contributed by atoms with E-state index < -0.39 is 17.5 Å². The van der Waals surface area contributed by atoms with Crippen LogP contribution in [-0.2, 0) is 11.3 Å². The quantitative estimate of drug-likeness (QED) is 0.421. The number of methoxy groups -OCH3 is 1. The van der Waals surface area contributed by atoms with Gasteiger partial charge in [0.05, 0.1) is 23.9 Å². The van der Waals surface area contributed by atoms with Crippen molar-refractivity contribution in [3.63, 3.8) is 0 Å². The Hall–Kier alpha value is -3.04. The Kier molecular flexibility index (Phi) is 5.65. The Morgan fingerprint density at radius 2 is 2.10 bits per heavy atom.